The molecule has 1 aromatic heterocycles. The van der Waals surface area contributed by atoms with E-state index < -0.39 is 0 Å². The van der Waals surface area contributed by atoms with Crippen LogP contribution in [-0.4, -0.2) is 72.3 Å². The van der Waals surface area contributed by atoms with Gasteiger partial charge in [0.05, 0.1) is 12.6 Å². The molecule has 0 aromatic carbocycles. The Bertz CT molecular complexity index is 670. The van der Waals surface area contributed by atoms with Crippen LogP contribution in [0.3, 0.4) is 0 Å². The summed E-state index contributed by atoms with van der Waals surface area (Å²) < 4.78 is 4.98. The van der Waals surface area contributed by atoms with Crippen LogP contribution in [0.5, 0.6) is 0 Å². The van der Waals surface area contributed by atoms with Crippen molar-refractivity contribution in [3.05, 3.63) is 5.51 Å². The third-order valence-corrected chi connectivity index (χ3v) is 6.91. The van der Waals surface area contributed by atoms with E-state index in [4.69, 9.17) is 4.74 Å². The lowest BCUT2D eigenvalue weighted by molar-refractivity contribution is -0.149. The molecule has 0 spiro atoms. The number of nitrogens with zero attached hydrogens (tertiary/aromatic N) is 4. The Kier molecular flexibility index (Phi) is 5.58. The molecule has 0 unspecified atom stereocenters. The fraction of sp³-hybridized carbons (Fsp3) is 0.778. The number of methoxy groups -OCH3 is 1. The van der Waals surface area contributed by atoms with Gasteiger partial charge < -0.3 is 19.9 Å². The molecule has 0 radical (unpaired) electrons. The number of anilines is 1. The van der Waals surface area contributed by atoms with E-state index in [0.717, 1.165) is 37.5 Å². The first-order valence-electron chi connectivity index (χ1n) is 9.75. The molecule has 3 saturated heterocycles. The summed E-state index contributed by atoms with van der Waals surface area (Å²) in [5.74, 6) is 1.05. The number of aromatic nitrogens is 2. The van der Waals surface area contributed by atoms with Gasteiger partial charge in [-0.15, -0.1) is 10.2 Å². The second-order valence-corrected chi connectivity index (χ2v) is 8.57. The molecule has 2 bridgehead atoms. The van der Waals surface area contributed by atoms with E-state index >= 15 is 0 Å². The quantitative estimate of drug-likeness (QED) is 0.773. The smallest absolute Gasteiger partial charge is 0.223 e. The molecule has 1 N–H and O–H groups in total. The van der Waals surface area contributed by atoms with Gasteiger partial charge in [-0.05, 0) is 31.1 Å². The number of rotatable bonds is 6. The molecule has 9 heteroatoms. The first kappa shape index (κ1) is 18.6. The van der Waals surface area contributed by atoms with E-state index in [1.54, 1.807) is 24.0 Å². The number of carbonyl (C=O) groups excluding carboxylic acids is 2. The highest BCUT2D eigenvalue weighted by Gasteiger charge is 2.49. The molecule has 0 saturated carbocycles. The van der Waals surface area contributed by atoms with Crippen molar-refractivity contribution in [1.29, 1.82) is 0 Å². The fourth-order valence-electron chi connectivity index (χ4n) is 5.00. The van der Waals surface area contributed by atoms with Gasteiger partial charge in [-0.2, -0.15) is 0 Å². The average Bonchev–Trinajstić information content (AvgIpc) is 3.21. The van der Waals surface area contributed by atoms with Gasteiger partial charge >= 0.3 is 0 Å². The summed E-state index contributed by atoms with van der Waals surface area (Å²) in [6.45, 7) is 2.73. The summed E-state index contributed by atoms with van der Waals surface area (Å²) in [6.07, 6.45) is 4.12. The highest BCUT2D eigenvalue weighted by molar-refractivity contribution is 7.13. The number of hydrogen-bond acceptors (Lipinski definition) is 7. The topological polar surface area (TPSA) is 87.7 Å². The monoisotopic (exact) mass is 393 g/mol. The van der Waals surface area contributed by atoms with E-state index in [-0.39, 0.29) is 23.9 Å². The van der Waals surface area contributed by atoms with Gasteiger partial charge in [0.1, 0.15) is 5.51 Å². The van der Waals surface area contributed by atoms with Gasteiger partial charge in [0.15, 0.2) is 0 Å². The summed E-state index contributed by atoms with van der Waals surface area (Å²) in [4.78, 5) is 29.3. The third-order valence-electron chi connectivity index (χ3n) is 6.16. The maximum atomic E-state index is 12.8. The minimum Gasteiger partial charge on any atom is -0.384 e. The van der Waals surface area contributed by atoms with Crippen LogP contribution in [0, 0.1) is 11.8 Å². The molecule has 2 amide bonds. The Morgan fingerprint density at radius 1 is 1.41 bits per heavy atom. The van der Waals surface area contributed by atoms with Crippen molar-refractivity contribution in [3.8, 4) is 0 Å². The molecule has 3 aliphatic heterocycles. The number of nitrogens with one attached hydrogen (secondary N) is 1. The van der Waals surface area contributed by atoms with E-state index in [9.17, 15) is 9.59 Å². The van der Waals surface area contributed by atoms with E-state index in [0.29, 0.717) is 37.8 Å². The van der Waals surface area contributed by atoms with Gasteiger partial charge in [0, 0.05) is 45.6 Å². The van der Waals surface area contributed by atoms with Crippen LogP contribution in [0.1, 0.15) is 32.1 Å². The van der Waals surface area contributed by atoms with Crippen LogP contribution in [0.4, 0.5) is 5.13 Å². The maximum absolute atomic E-state index is 12.8. The minimum absolute atomic E-state index is 0.0169. The molecular weight excluding hydrogens is 366 g/mol. The molecule has 4 rings (SSSR count). The zero-order valence-electron chi connectivity index (χ0n) is 15.7. The van der Waals surface area contributed by atoms with Crippen LogP contribution in [0.25, 0.3) is 0 Å². The molecule has 3 aliphatic rings. The number of ether oxygens (including phenoxy) is 1. The number of carbonyl (C=O) groups is 2. The SMILES string of the molecule is COCCC(=O)NC[C@H]1[C@H]2C[C@H](CN(c3nncs3)C2)[C@@H]2CCCC(=O)N21. The van der Waals surface area contributed by atoms with E-state index in [1.807, 2.05) is 0 Å². The molecule has 4 heterocycles. The van der Waals surface area contributed by atoms with E-state index in [2.05, 4.69) is 25.3 Å². The Balaban J connectivity index is 1.51. The minimum atomic E-state index is -0.0169. The summed E-state index contributed by atoms with van der Waals surface area (Å²) in [5, 5.41) is 12.2. The molecule has 27 heavy (non-hydrogen) atoms. The standard InChI is InChI=1S/C18H27N5O3S/c1-26-6-5-16(24)19-8-15-13-7-12(14-3-2-4-17(25)23(14)15)9-22(10-13)18-21-20-11-27-18/h11-15H,2-10H2,1H3,(H,19,24)/t12-,13+,14+,15+/m1/s1. The number of hydrogen-bond donors (Lipinski definition) is 1. The maximum Gasteiger partial charge on any atom is 0.223 e. The highest BCUT2D eigenvalue weighted by Crippen LogP contribution is 2.42. The lowest BCUT2D eigenvalue weighted by atomic mass is 9.72. The highest BCUT2D eigenvalue weighted by atomic mass is 32.1. The molecule has 0 aliphatic carbocycles. The number of piperidine rings is 3. The molecule has 148 valence electrons. The van der Waals surface area contributed by atoms with Crippen molar-refractivity contribution in [2.75, 3.05) is 38.3 Å². The fourth-order valence-corrected chi connectivity index (χ4v) is 5.58. The van der Waals surface area contributed by atoms with Gasteiger partial charge in [0.2, 0.25) is 16.9 Å². The van der Waals surface area contributed by atoms with Crippen molar-refractivity contribution in [2.24, 2.45) is 11.8 Å². The zero-order valence-corrected chi connectivity index (χ0v) is 16.5. The van der Waals surface area contributed by atoms with Gasteiger partial charge in [0.25, 0.3) is 0 Å². The number of fused-ring (bicyclic) bond motifs is 4. The molecule has 3 fully saturated rings. The third kappa shape index (κ3) is 3.80. The van der Waals surface area contributed by atoms with Crippen LogP contribution in [0.15, 0.2) is 5.51 Å². The average molecular weight is 394 g/mol. The van der Waals surface area contributed by atoms with Crippen molar-refractivity contribution >= 4 is 28.3 Å². The predicted molar refractivity (Wildman–Crippen MR) is 101 cm³/mol. The second-order valence-electron chi connectivity index (χ2n) is 7.76. The summed E-state index contributed by atoms with van der Waals surface area (Å²) in [5.41, 5.74) is 1.77. The Morgan fingerprint density at radius 3 is 3.04 bits per heavy atom. The van der Waals surface area contributed by atoms with E-state index in [1.165, 1.54) is 0 Å². The lowest BCUT2D eigenvalue weighted by Crippen LogP contribution is -2.67. The molecular formula is C18H27N5O3S. The Hall–Kier alpha value is -1.74. The summed E-state index contributed by atoms with van der Waals surface area (Å²) >= 11 is 1.57. The molecule has 8 nitrogen and oxygen atoms in total. The Morgan fingerprint density at radius 2 is 2.26 bits per heavy atom. The number of amides is 2. The first-order chi connectivity index (χ1) is 13.2. The lowest BCUT2D eigenvalue weighted by Gasteiger charge is -2.56. The summed E-state index contributed by atoms with van der Waals surface area (Å²) in [7, 11) is 1.59. The molecule has 1 aromatic rings. The van der Waals surface area contributed by atoms with Crippen molar-refractivity contribution in [2.45, 2.75) is 44.2 Å². The second kappa shape index (κ2) is 8.10. The van der Waals surface area contributed by atoms with Crippen molar-refractivity contribution in [1.82, 2.24) is 20.4 Å². The van der Waals surface area contributed by atoms with Gasteiger partial charge in [-0.25, -0.2) is 0 Å². The first-order valence-corrected chi connectivity index (χ1v) is 10.6. The summed E-state index contributed by atoms with van der Waals surface area (Å²) in [6, 6.07) is 0.334. The van der Waals surface area contributed by atoms with Crippen LogP contribution in [0.2, 0.25) is 0 Å². The van der Waals surface area contributed by atoms with Crippen LogP contribution >= 0.6 is 11.3 Å². The zero-order chi connectivity index (χ0) is 18.8. The Labute approximate surface area is 163 Å². The normalized spacial score (nSPS) is 30.2. The van der Waals surface area contributed by atoms with Crippen molar-refractivity contribution in [3.63, 3.8) is 0 Å². The van der Waals surface area contributed by atoms with Crippen molar-refractivity contribution < 1.29 is 14.3 Å². The molecule has 4 atom stereocenters. The van der Waals surface area contributed by atoms with Crippen LogP contribution < -0.4 is 10.2 Å². The van der Waals surface area contributed by atoms with Gasteiger partial charge in [-0.3, -0.25) is 9.59 Å². The largest absolute Gasteiger partial charge is 0.384 e. The predicted octanol–water partition coefficient (Wildman–Crippen LogP) is 0.897. The van der Waals surface area contributed by atoms with Gasteiger partial charge in [-0.1, -0.05) is 11.3 Å². The van der Waals surface area contributed by atoms with Crippen LogP contribution in [-0.2, 0) is 14.3 Å².